The number of hydrogen-bond donors (Lipinski definition) is 1. The van der Waals surface area contributed by atoms with Gasteiger partial charge in [-0.15, -0.1) is 0 Å². The van der Waals surface area contributed by atoms with Gasteiger partial charge < -0.3 is 19.4 Å². The van der Waals surface area contributed by atoms with Crippen LogP contribution >= 0.6 is 0 Å². The molecule has 0 fully saturated rings. The third-order valence-electron chi connectivity index (χ3n) is 6.77. The van der Waals surface area contributed by atoms with Crippen LogP contribution in [0, 0.1) is 6.92 Å². The maximum atomic E-state index is 13.3. The molecule has 0 bridgehead atoms. The summed E-state index contributed by atoms with van der Waals surface area (Å²) in [7, 11) is -4.16. The average Bonchev–Trinajstić information content (AvgIpc) is 3.02. The molecule has 4 rings (SSSR count). The molecule has 4 aromatic rings. The minimum absolute atomic E-state index is 0.0299. The van der Waals surface area contributed by atoms with Crippen molar-refractivity contribution in [1.29, 1.82) is 0 Å². The van der Waals surface area contributed by atoms with Gasteiger partial charge in [0.1, 0.15) is 24.4 Å². The monoisotopic (exact) mass is 603 g/mol. The molecule has 8 nitrogen and oxygen atoms in total. The van der Waals surface area contributed by atoms with Crippen LogP contribution in [-0.2, 0) is 48.3 Å². The van der Waals surface area contributed by atoms with Crippen molar-refractivity contribution in [2.45, 2.75) is 63.0 Å². The second-order valence-corrected chi connectivity index (χ2v) is 11.7. The summed E-state index contributed by atoms with van der Waals surface area (Å²) < 4.78 is 51.4. The Morgan fingerprint density at radius 1 is 0.674 bits per heavy atom. The van der Waals surface area contributed by atoms with Gasteiger partial charge in [0, 0.05) is 0 Å². The van der Waals surface area contributed by atoms with E-state index in [1.165, 1.54) is 18.3 Å². The second kappa shape index (κ2) is 16.1. The Balaban J connectivity index is 1.67. The van der Waals surface area contributed by atoms with E-state index in [-0.39, 0.29) is 24.7 Å². The highest BCUT2D eigenvalue weighted by Gasteiger charge is 2.38. The Kier molecular flexibility index (Phi) is 12.0. The molecule has 4 aromatic carbocycles. The van der Waals surface area contributed by atoms with Gasteiger partial charge in [0.2, 0.25) is 0 Å². The smallest absolute Gasteiger partial charge is 0.297 e. The summed E-state index contributed by atoms with van der Waals surface area (Å²) in [5.74, 6) is 0. The van der Waals surface area contributed by atoms with Crippen molar-refractivity contribution in [1.82, 2.24) is 0 Å². The van der Waals surface area contributed by atoms with Crippen molar-refractivity contribution in [3.05, 3.63) is 138 Å². The zero-order chi connectivity index (χ0) is 30.5. The lowest BCUT2D eigenvalue weighted by Crippen LogP contribution is -2.49. The Morgan fingerprint density at radius 3 is 1.58 bits per heavy atom. The van der Waals surface area contributed by atoms with Gasteiger partial charge in [0.25, 0.3) is 10.1 Å². The van der Waals surface area contributed by atoms with Gasteiger partial charge in [-0.1, -0.05) is 114 Å². The van der Waals surface area contributed by atoms with E-state index in [2.05, 4.69) is 5.16 Å². The first-order valence-electron chi connectivity index (χ1n) is 14.0. The predicted octanol–water partition coefficient (Wildman–Crippen LogP) is 6.31. The van der Waals surface area contributed by atoms with Gasteiger partial charge in [-0.25, -0.2) is 0 Å². The molecule has 4 atom stereocenters. The van der Waals surface area contributed by atoms with Crippen molar-refractivity contribution in [2.24, 2.45) is 5.16 Å². The van der Waals surface area contributed by atoms with Gasteiger partial charge in [-0.3, -0.25) is 4.18 Å². The summed E-state index contributed by atoms with van der Waals surface area (Å²) in [5.41, 5.74) is 3.58. The van der Waals surface area contributed by atoms with E-state index in [0.717, 1.165) is 22.3 Å². The van der Waals surface area contributed by atoms with E-state index >= 15 is 0 Å². The molecule has 43 heavy (non-hydrogen) atoms. The predicted molar refractivity (Wildman–Crippen MR) is 164 cm³/mol. The van der Waals surface area contributed by atoms with Crippen LogP contribution in [0.1, 0.15) is 29.2 Å². The van der Waals surface area contributed by atoms with Gasteiger partial charge >= 0.3 is 0 Å². The van der Waals surface area contributed by atoms with Crippen molar-refractivity contribution in [3.8, 4) is 0 Å². The minimum atomic E-state index is -4.16. The van der Waals surface area contributed by atoms with Crippen LogP contribution in [0.3, 0.4) is 0 Å². The highest BCUT2D eigenvalue weighted by atomic mass is 32.2. The van der Waals surface area contributed by atoms with Crippen molar-refractivity contribution < 1.29 is 32.0 Å². The number of nitrogens with zero attached hydrogens (tertiary/aromatic N) is 1. The Labute approximate surface area is 253 Å². The summed E-state index contributed by atoms with van der Waals surface area (Å²) in [4.78, 5) is 0.0299. The van der Waals surface area contributed by atoms with Gasteiger partial charge in [0.05, 0.1) is 30.9 Å². The lowest BCUT2D eigenvalue weighted by molar-refractivity contribution is -0.156. The van der Waals surface area contributed by atoms with Crippen molar-refractivity contribution in [2.75, 3.05) is 0 Å². The Bertz CT molecular complexity index is 1500. The number of hydrogen-bond acceptors (Lipinski definition) is 8. The van der Waals surface area contributed by atoms with Gasteiger partial charge in [-0.2, -0.15) is 8.42 Å². The molecule has 9 heteroatoms. The van der Waals surface area contributed by atoms with Crippen LogP contribution in [0.25, 0.3) is 0 Å². The molecule has 0 saturated heterocycles. The molecule has 0 aliphatic heterocycles. The maximum Gasteiger partial charge on any atom is 0.297 e. The normalized spacial score (nSPS) is 14.7. The molecule has 1 N–H and O–H groups in total. The van der Waals surface area contributed by atoms with Crippen molar-refractivity contribution in [3.63, 3.8) is 0 Å². The Morgan fingerprint density at radius 2 is 1.12 bits per heavy atom. The molecule has 0 radical (unpaired) electrons. The molecule has 0 amide bonds. The zero-order valence-electron chi connectivity index (χ0n) is 24.2. The fraction of sp³-hybridized carbons (Fsp3) is 0.265. The molecule has 0 heterocycles. The topological polar surface area (TPSA) is 104 Å². The highest BCUT2D eigenvalue weighted by Crippen LogP contribution is 2.25. The molecule has 0 aliphatic carbocycles. The molecule has 0 saturated carbocycles. The van der Waals surface area contributed by atoms with Gasteiger partial charge in [-0.05, 0) is 42.7 Å². The molecule has 0 aromatic heterocycles. The first kappa shape index (κ1) is 32.1. The van der Waals surface area contributed by atoms with Crippen LogP contribution in [0.15, 0.2) is 125 Å². The quantitative estimate of drug-likeness (QED) is 0.0693. The zero-order valence-corrected chi connectivity index (χ0v) is 25.0. The van der Waals surface area contributed by atoms with E-state index in [1.807, 2.05) is 97.9 Å². The highest BCUT2D eigenvalue weighted by molar-refractivity contribution is 7.86. The van der Waals surface area contributed by atoms with E-state index in [1.54, 1.807) is 19.1 Å². The Hall–Kier alpha value is -3.86. The SMILES string of the molecule is Cc1ccc(S(=O)(=O)O[C@H](C)[C@@H](OCc2ccccc2)[C@@H](OCc2ccccc2)[C@@H](C=NO)OCc2ccccc2)cc1. The molecular formula is C34H37NO7S. The lowest BCUT2D eigenvalue weighted by Gasteiger charge is -2.34. The fourth-order valence-electron chi connectivity index (χ4n) is 4.48. The summed E-state index contributed by atoms with van der Waals surface area (Å²) in [6, 6.07) is 35.0. The van der Waals surface area contributed by atoms with Crippen molar-refractivity contribution >= 4 is 16.3 Å². The first-order valence-corrected chi connectivity index (χ1v) is 15.4. The average molecular weight is 604 g/mol. The molecule has 0 aliphatic rings. The minimum Gasteiger partial charge on any atom is -0.411 e. The third kappa shape index (κ3) is 9.84. The molecule has 0 unspecified atom stereocenters. The lowest BCUT2D eigenvalue weighted by atomic mass is 10.0. The largest absolute Gasteiger partial charge is 0.411 e. The van der Waals surface area contributed by atoms with Crippen LogP contribution in [0.5, 0.6) is 0 Å². The summed E-state index contributed by atoms with van der Waals surface area (Å²) in [6.07, 6.45) is -2.64. The standard InChI is InChI=1S/C34H37NO7S/c1-26-18-20-31(21-19-26)43(37,38)42-27(2)33(40-24-29-14-8-4-9-15-29)34(41-25-30-16-10-5-11-17-30)32(22-35-36)39-23-28-12-6-3-7-13-28/h3-22,27,32-34,36H,23-25H2,1-2H3/t27-,32-,33-,34+/m1/s1. The third-order valence-corrected chi connectivity index (χ3v) is 8.17. The number of benzene rings is 4. The van der Waals surface area contributed by atoms with Crippen LogP contribution in [-0.4, -0.2) is 44.3 Å². The number of ether oxygens (including phenoxy) is 3. The number of aryl methyl sites for hydroxylation is 1. The summed E-state index contributed by atoms with van der Waals surface area (Å²) in [5, 5.41) is 12.9. The summed E-state index contributed by atoms with van der Waals surface area (Å²) in [6.45, 7) is 3.99. The molecular weight excluding hydrogens is 566 g/mol. The van der Waals surface area contributed by atoms with Gasteiger partial charge in [0.15, 0.2) is 0 Å². The first-order chi connectivity index (χ1) is 20.9. The van der Waals surface area contributed by atoms with Crippen LogP contribution in [0.2, 0.25) is 0 Å². The van der Waals surface area contributed by atoms with Crippen LogP contribution < -0.4 is 0 Å². The van der Waals surface area contributed by atoms with E-state index < -0.39 is 34.5 Å². The van der Waals surface area contributed by atoms with Crippen LogP contribution in [0.4, 0.5) is 0 Å². The van der Waals surface area contributed by atoms with E-state index in [0.29, 0.717) is 0 Å². The fourth-order valence-corrected chi connectivity index (χ4v) is 5.57. The van der Waals surface area contributed by atoms with E-state index in [4.69, 9.17) is 18.4 Å². The molecule has 0 spiro atoms. The maximum absolute atomic E-state index is 13.3. The number of rotatable bonds is 16. The number of oxime groups is 1. The summed E-state index contributed by atoms with van der Waals surface area (Å²) >= 11 is 0. The molecule has 226 valence electrons. The van der Waals surface area contributed by atoms with E-state index in [9.17, 15) is 13.6 Å². The second-order valence-electron chi connectivity index (χ2n) is 10.1.